The first-order valence-corrected chi connectivity index (χ1v) is 9.10. The fraction of sp³-hybridized carbons (Fsp3) is 0.333. The highest BCUT2D eigenvalue weighted by Crippen LogP contribution is 2.39. The summed E-state index contributed by atoms with van der Waals surface area (Å²) in [6.45, 7) is 7.15. The highest BCUT2D eigenvalue weighted by Gasteiger charge is 2.35. The van der Waals surface area contributed by atoms with Crippen molar-refractivity contribution < 1.29 is 13.9 Å². The Morgan fingerprint density at radius 3 is 2.78 bits per heavy atom. The molecule has 1 aromatic carbocycles. The summed E-state index contributed by atoms with van der Waals surface area (Å²) >= 11 is 0. The lowest BCUT2D eigenvalue weighted by molar-refractivity contribution is 0.0518. The van der Waals surface area contributed by atoms with Crippen LogP contribution in [0.3, 0.4) is 0 Å². The Labute approximate surface area is 157 Å². The first-order valence-electron chi connectivity index (χ1n) is 9.10. The van der Waals surface area contributed by atoms with Gasteiger partial charge in [-0.05, 0) is 30.7 Å². The summed E-state index contributed by atoms with van der Waals surface area (Å²) in [6, 6.07) is 8.54. The van der Waals surface area contributed by atoms with Crippen LogP contribution in [0, 0.1) is 5.82 Å². The molecule has 1 N–H and O–H groups in total. The number of hydrogen-bond donors (Lipinski definition) is 1. The third-order valence-electron chi connectivity index (χ3n) is 5.00. The maximum absolute atomic E-state index is 13.2. The van der Waals surface area contributed by atoms with Gasteiger partial charge in [-0.1, -0.05) is 26.0 Å². The van der Waals surface area contributed by atoms with Gasteiger partial charge in [-0.25, -0.2) is 14.2 Å². The van der Waals surface area contributed by atoms with Crippen LogP contribution in [0.1, 0.15) is 48.1 Å². The van der Waals surface area contributed by atoms with E-state index in [-0.39, 0.29) is 17.2 Å². The fourth-order valence-corrected chi connectivity index (χ4v) is 3.74. The first-order chi connectivity index (χ1) is 12.9. The minimum absolute atomic E-state index is 0.149. The van der Waals surface area contributed by atoms with Crippen LogP contribution < -0.4 is 5.32 Å². The van der Waals surface area contributed by atoms with E-state index in [4.69, 9.17) is 4.74 Å². The molecular formula is C21H22FN3O2. The Hall–Kier alpha value is -2.89. The number of carbonyl (C=O) groups excluding carboxylic acids is 1. The number of rotatable bonds is 4. The number of esters is 1. The Bertz CT molecular complexity index is 1020. The second-order valence-electron chi connectivity index (χ2n) is 7.50. The molecule has 3 heterocycles. The monoisotopic (exact) mass is 367 g/mol. The highest BCUT2D eigenvalue weighted by atomic mass is 19.1. The molecule has 27 heavy (non-hydrogen) atoms. The van der Waals surface area contributed by atoms with Gasteiger partial charge < -0.3 is 10.1 Å². The smallest absolute Gasteiger partial charge is 0.356 e. The van der Waals surface area contributed by atoms with Gasteiger partial charge in [0.2, 0.25) is 0 Å². The standard InChI is InChI=1S/C21H22FN3O2/c1-4-27-20(26)17-11-23-19-14(9-13-5-7-15(22)8-6-13)10-16-18(25(17)19)21(2,3)12-24-16/h5-8,10-11,24H,4,9,12H2,1-3H3. The lowest BCUT2D eigenvalue weighted by Gasteiger charge is -2.20. The van der Waals surface area contributed by atoms with Crippen molar-refractivity contribution >= 4 is 17.3 Å². The van der Waals surface area contributed by atoms with Crippen LogP contribution in [0.25, 0.3) is 5.65 Å². The summed E-state index contributed by atoms with van der Waals surface area (Å²) in [7, 11) is 0. The molecule has 0 saturated carbocycles. The van der Waals surface area contributed by atoms with Crippen LogP contribution in [-0.2, 0) is 16.6 Å². The van der Waals surface area contributed by atoms with Crippen LogP contribution in [0.15, 0.2) is 36.5 Å². The molecule has 0 radical (unpaired) electrons. The average Bonchev–Trinajstić information content (AvgIpc) is 3.18. The molecule has 0 fully saturated rings. The first kappa shape index (κ1) is 17.5. The third-order valence-corrected chi connectivity index (χ3v) is 5.00. The summed E-state index contributed by atoms with van der Waals surface area (Å²) in [6.07, 6.45) is 2.18. The zero-order chi connectivity index (χ0) is 19.2. The minimum Gasteiger partial charge on any atom is -0.461 e. The number of aromatic nitrogens is 2. The third kappa shape index (κ3) is 2.95. The normalized spacial score (nSPS) is 14.8. The van der Waals surface area contributed by atoms with Crippen molar-refractivity contribution in [1.82, 2.24) is 9.38 Å². The number of fused-ring (bicyclic) bond motifs is 3. The molecule has 6 heteroatoms. The highest BCUT2D eigenvalue weighted by molar-refractivity contribution is 5.89. The van der Waals surface area contributed by atoms with E-state index in [1.807, 2.05) is 4.40 Å². The van der Waals surface area contributed by atoms with E-state index in [0.29, 0.717) is 18.7 Å². The molecule has 140 valence electrons. The van der Waals surface area contributed by atoms with Gasteiger partial charge in [0.15, 0.2) is 5.69 Å². The Morgan fingerprint density at radius 1 is 1.33 bits per heavy atom. The van der Waals surface area contributed by atoms with E-state index in [1.165, 1.54) is 12.1 Å². The van der Waals surface area contributed by atoms with Crippen molar-refractivity contribution in [1.29, 1.82) is 0 Å². The van der Waals surface area contributed by atoms with Gasteiger partial charge in [0.25, 0.3) is 0 Å². The molecule has 1 aliphatic rings. The molecule has 0 amide bonds. The maximum Gasteiger partial charge on any atom is 0.356 e. The van der Waals surface area contributed by atoms with Gasteiger partial charge in [-0.2, -0.15) is 0 Å². The molecule has 2 aromatic heterocycles. The van der Waals surface area contributed by atoms with Crippen molar-refractivity contribution in [3.63, 3.8) is 0 Å². The van der Waals surface area contributed by atoms with Crippen LogP contribution in [0.4, 0.5) is 10.1 Å². The van der Waals surface area contributed by atoms with Crippen molar-refractivity contribution in [3.8, 4) is 0 Å². The van der Waals surface area contributed by atoms with E-state index in [9.17, 15) is 9.18 Å². The molecule has 0 atom stereocenters. The van der Waals surface area contributed by atoms with Crippen LogP contribution >= 0.6 is 0 Å². The van der Waals surface area contributed by atoms with Crippen LogP contribution in [-0.4, -0.2) is 28.5 Å². The lowest BCUT2D eigenvalue weighted by atomic mass is 9.90. The molecule has 5 nitrogen and oxygen atoms in total. The molecule has 1 aliphatic heterocycles. The summed E-state index contributed by atoms with van der Waals surface area (Å²) in [5, 5.41) is 3.45. The van der Waals surface area contributed by atoms with Gasteiger partial charge in [-0.3, -0.25) is 4.40 Å². The van der Waals surface area contributed by atoms with Gasteiger partial charge in [0.05, 0.1) is 24.2 Å². The second-order valence-corrected chi connectivity index (χ2v) is 7.50. The number of hydrogen-bond acceptors (Lipinski definition) is 4. The number of anilines is 1. The maximum atomic E-state index is 13.2. The molecule has 0 saturated heterocycles. The van der Waals surface area contributed by atoms with Crippen LogP contribution in [0.5, 0.6) is 0 Å². The predicted octanol–water partition coefficient (Wildman–Crippen LogP) is 3.94. The zero-order valence-corrected chi connectivity index (χ0v) is 15.7. The van der Waals surface area contributed by atoms with Crippen molar-refractivity contribution in [2.45, 2.75) is 32.6 Å². The molecule has 0 spiro atoms. The summed E-state index contributed by atoms with van der Waals surface area (Å²) in [5.41, 5.74) is 4.99. The van der Waals surface area contributed by atoms with Gasteiger partial charge in [-0.15, -0.1) is 0 Å². The second kappa shape index (κ2) is 6.37. The van der Waals surface area contributed by atoms with E-state index in [1.54, 1.807) is 25.3 Å². The van der Waals surface area contributed by atoms with Crippen molar-refractivity contribution in [2.24, 2.45) is 0 Å². The number of nitrogens with one attached hydrogen (secondary N) is 1. The van der Waals surface area contributed by atoms with Gasteiger partial charge in [0, 0.05) is 23.9 Å². The zero-order valence-electron chi connectivity index (χ0n) is 15.7. The van der Waals surface area contributed by atoms with Crippen LogP contribution in [0.2, 0.25) is 0 Å². The van der Waals surface area contributed by atoms with Gasteiger partial charge in [0.1, 0.15) is 11.5 Å². The fourth-order valence-electron chi connectivity index (χ4n) is 3.74. The topological polar surface area (TPSA) is 55.6 Å². The Balaban J connectivity index is 1.90. The number of benzene rings is 1. The number of imidazole rings is 1. The Morgan fingerprint density at radius 2 is 2.07 bits per heavy atom. The quantitative estimate of drug-likeness (QED) is 0.710. The number of carbonyl (C=O) groups is 1. The molecule has 3 aromatic rings. The molecule has 0 bridgehead atoms. The summed E-state index contributed by atoms with van der Waals surface area (Å²) in [4.78, 5) is 17.0. The molecule has 0 aliphatic carbocycles. The number of pyridine rings is 1. The molecule has 0 unspecified atom stereocenters. The van der Waals surface area contributed by atoms with Gasteiger partial charge >= 0.3 is 5.97 Å². The number of nitrogens with zero attached hydrogens (tertiary/aromatic N) is 2. The van der Waals surface area contributed by atoms with Crippen molar-refractivity contribution in [3.05, 3.63) is 64.9 Å². The van der Waals surface area contributed by atoms with E-state index in [2.05, 4.69) is 30.2 Å². The van der Waals surface area contributed by atoms with E-state index >= 15 is 0 Å². The summed E-state index contributed by atoms with van der Waals surface area (Å²) < 4.78 is 20.4. The number of ether oxygens (including phenoxy) is 1. The molecular weight excluding hydrogens is 345 g/mol. The van der Waals surface area contributed by atoms with E-state index < -0.39 is 0 Å². The predicted molar refractivity (Wildman–Crippen MR) is 102 cm³/mol. The Kier molecular flexibility index (Phi) is 4.13. The SMILES string of the molecule is CCOC(=O)c1cnc2c(Cc3ccc(F)cc3)cc3c(n12)C(C)(C)CN3. The average molecular weight is 367 g/mol. The summed E-state index contributed by atoms with van der Waals surface area (Å²) in [5.74, 6) is -0.638. The van der Waals surface area contributed by atoms with Crippen molar-refractivity contribution in [2.75, 3.05) is 18.5 Å². The van der Waals surface area contributed by atoms with E-state index in [0.717, 1.165) is 34.7 Å². The largest absolute Gasteiger partial charge is 0.461 e. The number of halogens is 1. The minimum atomic E-state index is -0.381. The molecule has 4 rings (SSSR count). The lowest BCUT2D eigenvalue weighted by Crippen LogP contribution is -2.23.